The third kappa shape index (κ3) is 3.99. The number of rotatable bonds is 4. The lowest BCUT2D eigenvalue weighted by Gasteiger charge is -2.37. The number of benzene rings is 1. The second kappa shape index (κ2) is 9.06. The van der Waals surface area contributed by atoms with Crippen LogP contribution in [0, 0.1) is 0 Å². The normalized spacial score (nSPS) is 23.1. The molecular weight excluding hydrogens is 400 g/mol. The third-order valence-electron chi connectivity index (χ3n) is 6.08. The Hall–Kier alpha value is -1.93. The van der Waals surface area contributed by atoms with E-state index in [1.807, 2.05) is 23.1 Å². The van der Waals surface area contributed by atoms with E-state index in [-0.39, 0.29) is 18.2 Å². The lowest BCUT2D eigenvalue weighted by molar-refractivity contribution is -0.100. The molecule has 1 aromatic heterocycles. The van der Waals surface area contributed by atoms with Gasteiger partial charge in [-0.15, -0.1) is 11.3 Å². The number of piperidine rings is 1. The summed E-state index contributed by atoms with van der Waals surface area (Å²) in [7, 11) is 0. The van der Waals surface area contributed by atoms with Crippen molar-refractivity contribution in [2.45, 2.75) is 31.6 Å². The molecule has 3 fully saturated rings. The number of nitrogens with zero attached hydrogens (tertiary/aromatic N) is 2. The molecule has 1 aromatic carbocycles. The number of morpholine rings is 1. The minimum absolute atomic E-state index is 0.00265. The van der Waals surface area contributed by atoms with Gasteiger partial charge in [-0.3, -0.25) is 4.79 Å². The molecule has 30 heavy (non-hydrogen) atoms. The number of ether oxygens (including phenoxy) is 3. The van der Waals surface area contributed by atoms with E-state index in [0.717, 1.165) is 73.1 Å². The molecule has 7 heteroatoms. The van der Waals surface area contributed by atoms with Crippen molar-refractivity contribution in [1.29, 1.82) is 0 Å². The summed E-state index contributed by atoms with van der Waals surface area (Å²) in [6.07, 6.45) is 2.78. The highest BCUT2D eigenvalue weighted by molar-refractivity contribution is 7.18. The van der Waals surface area contributed by atoms with Gasteiger partial charge >= 0.3 is 0 Å². The molecular formula is C23H28N2O4S. The minimum atomic E-state index is -0.290. The van der Waals surface area contributed by atoms with Crippen molar-refractivity contribution in [3.05, 3.63) is 41.3 Å². The van der Waals surface area contributed by atoms with Crippen LogP contribution >= 0.6 is 11.3 Å². The summed E-state index contributed by atoms with van der Waals surface area (Å²) in [6, 6.07) is 12.4. The van der Waals surface area contributed by atoms with Crippen LogP contribution in [0.4, 0.5) is 5.00 Å². The summed E-state index contributed by atoms with van der Waals surface area (Å²) in [5.74, 6) is 0.0977. The van der Waals surface area contributed by atoms with Crippen LogP contribution in [0.1, 0.15) is 28.9 Å². The summed E-state index contributed by atoms with van der Waals surface area (Å²) < 4.78 is 17.1. The van der Waals surface area contributed by atoms with E-state index in [2.05, 4.69) is 23.1 Å². The Balaban J connectivity index is 1.47. The van der Waals surface area contributed by atoms with Crippen LogP contribution in [-0.2, 0) is 14.2 Å². The molecule has 4 heterocycles. The molecule has 0 aliphatic carbocycles. The average Bonchev–Trinajstić information content (AvgIpc) is 3.50. The summed E-state index contributed by atoms with van der Waals surface area (Å²) in [6.45, 7) is 5.13. The zero-order valence-electron chi connectivity index (χ0n) is 17.1. The van der Waals surface area contributed by atoms with Gasteiger partial charge in [0.2, 0.25) is 0 Å². The summed E-state index contributed by atoms with van der Waals surface area (Å²) in [4.78, 5) is 18.8. The summed E-state index contributed by atoms with van der Waals surface area (Å²) in [5, 5.41) is 1.16. The van der Waals surface area contributed by atoms with Crippen LogP contribution in [0.25, 0.3) is 11.1 Å². The maximum absolute atomic E-state index is 13.6. The standard InChI is InChI=1S/C23H28N2O4S/c26-21(25-9-5-4-8-19(25)23-28-14-15-29-23)20-16-18(17-6-2-1-3-7-17)22(30-20)24-10-12-27-13-11-24/h1-3,6-7,16,19,23H,4-5,8-15H2/t19-/m0/s1. The van der Waals surface area contributed by atoms with Gasteiger partial charge in [-0.2, -0.15) is 0 Å². The van der Waals surface area contributed by atoms with Crippen molar-refractivity contribution in [2.24, 2.45) is 0 Å². The lowest BCUT2D eigenvalue weighted by Crippen LogP contribution is -2.50. The molecule has 160 valence electrons. The van der Waals surface area contributed by atoms with Crippen LogP contribution in [-0.4, -0.2) is 69.2 Å². The molecule has 0 N–H and O–H groups in total. The number of likely N-dealkylation sites (tertiary alicyclic amines) is 1. The van der Waals surface area contributed by atoms with E-state index < -0.39 is 0 Å². The second-order valence-electron chi connectivity index (χ2n) is 7.97. The van der Waals surface area contributed by atoms with E-state index in [0.29, 0.717) is 13.2 Å². The monoisotopic (exact) mass is 428 g/mol. The fourth-order valence-corrected chi connectivity index (χ4v) is 5.73. The summed E-state index contributed by atoms with van der Waals surface area (Å²) in [5.41, 5.74) is 2.28. The molecule has 0 spiro atoms. The first-order valence-electron chi connectivity index (χ1n) is 10.9. The zero-order chi connectivity index (χ0) is 20.3. The van der Waals surface area contributed by atoms with Crippen molar-refractivity contribution in [3.63, 3.8) is 0 Å². The van der Waals surface area contributed by atoms with Crippen molar-refractivity contribution in [2.75, 3.05) is 51.0 Å². The first-order valence-corrected chi connectivity index (χ1v) is 11.7. The zero-order valence-corrected chi connectivity index (χ0v) is 17.9. The Morgan fingerprint density at radius 1 is 0.967 bits per heavy atom. The number of anilines is 1. The fraction of sp³-hybridized carbons (Fsp3) is 0.522. The highest BCUT2D eigenvalue weighted by Crippen LogP contribution is 2.40. The molecule has 1 atom stereocenters. The van der Waals surface area contributed by atoms with Gasteiger partial charge in [-0.25, -0.2) is 0 Å². The van der Waals surface area contributed by atoms with Crippen LogP contribution < -0.4 is 4.90 Å². The molecule has 0 bridgehead atoms. The number of carbonyl (C=O) groups is 1. The number of carbonyl (C=O) groups excluding carboxylic acids is 1. The molecule has 3 aliphatic heterocycles. The fourth-order valence-electron chi connectivity index (χ4n) is 4.55. The smallest absolute Gasteiger partial charge is 0.264 e. The van der Waals surface area contributed by atoms with Crippen LogP contribution in [0.3, 0.4) is 0 Å². The Morgan fingerprint density at radius 3 is 2.50 bits per heavy atom. The average molecular weight is 429 g/mol. The molecule has 2 aromatic rings. The number of hydrogen-bond acceptors (Lipinski definition) is 6. The van der Waals surface area contributed by atoms with Gasteiger partial charge in [0.25, 0.3) is 5.91 Å². The largest absolute Gasteiger partial charge is 0.378 e. The van der Waals surface area contributed by atoms with Gasteiger partial charge in [0.15, 0.2) is 6.29 Å². The lowest BCUT2D eigenvalue weighted by atomic mass is 10.0. The van der Waals surface area contributed by atoms with Gasteiger partial charge in [0.1, 0.15) is 0 Å². The van der Waals surface area contributed by atoms with Crippen molar-refractivity contribution in [1.82, 2.24) is 4.90 Å². The molecule has 0 radical (unpaired) electrons. The maximum Gasteiger partial charge on any atom is 0.264 e. The maximum atomic E-state index is 13.6. The van der Waals surface area contributed by atoms with Gasteiger partial charge < -0.3 is 24.0 Å². The van der Waals surface area contributed by atoms with Gasteiger partial charge in [-0.1, -0.05) is 30.3 Å². The molecule has 6 nitrogen and oxygen atoms in total. The Morgan fingerprint density at radius 2 is 1.73 bits per heavy atom. The minimum Gasteiger partial charge on any atom is -0.378 e. The predicted octanol–water partition coefficient (Wildman–Crippen LogP) is 3.62. The van der Waals surface area contributed by atoms with E-state index in [1.165, 1.54) is 0 Å². The van der Waals surface area contributed by atoms with Gasteiger partial charge in [-0.05, 0) is 30.9 Å². The molecule has 5 rings (SSSR count). The predicted molar refractivity (Wildman–Crippen MR) is 117 cm³/mol. The molecule has 0 saturated carbocycles. The topological polar surface area (TPSA) is 51.2 Å². The van der Waals surface area contributed by atoms with E-state index in [1.54, 1.807) is 11.3 Å². The van der Waals surface area contributed by atoms with Crippen molar-refractivity contribution < 1.29 is 19.0 Å². The van der Waals surface area contributed by atoms with Crippen molar-refractivity contribution >= 4 is 22.2 Å². The summed E-state index contributed by atoms with van der Waals surface area (Å²) >= 11 is 1.60. The van der Waals surface area contributed by atoms with E-state index >= 15 is 0 Å². The van der Waals surface area contributed by atoms with Crippen LogP contribution in [0.15, 0.2) is 36.4 Å². The molecule has 0 unspecified atom stereocenters. The van der Waals surface area contributed by atoms with Crippen LogP contribution in [0.2, 0.25) is 0 Å². The first kappa shape index (κ1) is 20.0. The highest BCUT2D eigenvalue weighted by atomic mass is 32.1. The Kier molecular flexibility index (Phi) is 6.04. The number of thiophene rings is 1. The van der Waals surface area contributed by atoms with Gasteiger partial charge in [0.05, 0.1) is 42.3 Å². The number of hydrogen-bond donors (Lipinski definition) is 0. The van der Waals surface area contributed by atoms with Gasteiger partial charge in [0, 0.05) is 25.2 Å². The SMILES string of the molecule is O=C(c1cc(-c2ccccc2)c(N2CCOCC2)s1)N1CCCC[C@H]1C1OCCO1. The Labute approximate surface area is 181 Å². The molecule has 3 aliphatic rings. The second-order valence-corrected chi connectivity index (χ2v) is 9.00. The van der Waals surface area contributed by atoms with Crippen molar-refractivity contribution in [3.8, 4) is 11.1 Å². The highest BCUT2D eigenvalue weighted by Gasteiger charge is 2.37. The first-order chi connectivity index (χ1) is 14.8. The third-order valence-corrected chi connectivity index (χ3v) is 7.26. The number of amides is 1. The van der Waals surface area contributed by atoms with E-state index in [9.17, 15) is 4.79 Å². The quantitative estimate of drug-likeness (QED) is 0.745. The Bertz CT molecular complexity index is 859. The molecule has 1 amide bonds. The molecule has 3 saturated heterocycles. The van der Waals surface area contributed by atoms with Crippen LogP contribution in [0.5, 0.6) is 0 Å². The van der Waals surface area contributed by atoms with E-state index in [4.69, 9.17) is 14.2 Å².